The molecule has 13 heavy (non-hydrogen) atoms. The molecule has 1 unspecified atom stereocenters. The molecule has 1 rings (SSSR count). The number of aromatic nitrogens is 2. The van der Waals surface area contributed by atoms with Crippen LogP contribution in [0, 0.1) is 0 Å². The summed E-state index contributed by atoms with van der Waals surface area (Å²) >= 11 is 0. The van der Waals surface area contributed by atoms with Crippen LogP contribution in [0.2, 0.25) is 0 Å². The fourth-order valence-corrected chi connectivity index (χ4v) is 1.15. The normalized spacial score (nSPS) is 12.8. The minimum Gasteiger partial charge on any atom is -0.330 e. The molecule has 72 valence electrons. The summed E-state index contributed by atoms with van der Waals surface area (Å²) in [5.41, 5.74) is 6.67. The topological polar surface area (TPSA) is 51.8 Å². The van der Waals surface area contributed by atoms with E-state index in [4.69, 9.17) is 5.73 Å². The van der Waals surface area contributed by atoms with Crippen molar-refractivity contribution in [2.75, 3.05) is 6.54 Å². The SMILES string of the molecule is CCCc1ccnc(C(C)CN)n1. The van der Waals surface area contributed by atoms with Crippen molar-refractivity contribution < 1.29 is 0 Å². The summed E-state index contributed by atoms with van der Waals surface area (Å²) in [5.74, 6) is 1.13. The molecular weight excluding hydrogens is 162 g/mol. The monoisotopic (exact) mass is 179 g/mol. The summed E-state index contributed by atoms with van der Waals surface area (Å²) in [4.78, 5) is 8.64. The molecule has 0 aliphatic rings. The van der Waals surface area contributed by atoms with Gasteiger partial charge in [-0.3, -0.25) is 0 Å². The lowest BCUT2D eigenvalue weighted by Gasteiger charge is -2.07. The lowest BCUT2D eigenvalue weighted by molar-refractivity contribution is 0.698. The largest absolute Gasteiger partial charge is 0.330 e. The summed E-state index contributed by atoms with van der Waals surface area (Å²) in [7, 11) is 0. The molecule has 0 aliphatic carbocycles. The molecule has 1 aromatic rings. The van der Waals surface area contributed by atoms with Gasteiger partial charge in [-0.25, -0.2) is 9.97 Å². The maximum absolute atomic E-state index is 5.55. The number of nitrogens with two attached hydrogens (primary N) is 1. The molecule has 0 saturated heterocycles. The molecule has 3 nitrogen and oxygen atoms in total. The quantitative estimate of drug-likeness (QED) is 0.762. The van der Waals surface area contributed by atoms with E-state index < -0.39 is 0 Å². The molecule has 0 bridgehead atoms. The molecule has 1 heterocycles. The fourth-order valence-electron chi connectivity index (χ4n) is 1.15. The van der Waals surface area contributed by atoms with Crippen LogP contribution in [0.15, 0.2) is 12.3 Å². The van der Waals surface area contributed by atoms with Gasteiger partial charge in [-0.1, -0.05) is 20.3 Å². The van der Waals surface area contributed by atoms with Gasteiger partial charge >= 0.3 is 0 Å². The maximum Gasteiger partial charge on any atom is 0.132 e. The van der Waals surface area contributed by atoms with Crippen LogP contribution < -0.4 is 5.73 Å². The standard InChI is InChI=1S/C10H17N3/c1-3-4-9-5-6-12-10(13-9)8(2)7-11/h5-6,8H,3-4,7,11H2,1-2H3. The minimum absolute atomic E-state index is 0.261. The van der Waals surface area contributed by atoms with Gasteiger partial charge in [0.1, 0.15) is 5.82 Å². The van der Waals surface area contributed by atoms with Crippen LogP contribution in [0.3, 0.4) is 0 Å². The molecule has 0 aromatic carbocycles. The van der Waals surface area contributed by atoms with E-state index in [0.29, 0.717) is 6.54 Å². The van der Waals surface area contributed by atoms with E-state index in [0.717, 1.165) is 24.4 Å². The highest BCUT2D eigenvalue weighted by Gasteiger charge is 2.06. The Morgan fingerprint density at radius 3 is 2.92 bits per heavy atom. The van der Waals surface area contributed by atoms with Crippen LogP contribution in [0.1, 0.15) is 37.7 Å². The Morgan fingerprint density at radius 2 is 2.31 bits per heavy atom. The smallest absolute Gasteiger partial charge is 0.132 e. The number of hydrogen-bond donors (Lipinski definition) is 1. The van der Waals surface area contributed by atoms with Crippen molar-refractivity contribution in [1.82, 2.24) is 9.97 Å². The predicted molar refractivity (Wildman–Crippen MR) is 53.5 cm³/mol. The van der Waals surface area contributed by atoms with Gasteiger partial charge in [-0.2, -0.15) is 0 Å². The predicted octanol–water partition coefficient (Wildman–Crippen LogP) is 1.49. The first-order valence-corrected chi connectivity index (χ1v) is 4.79. The van der Waals surface area contributed by atoms with Crippen LogP contribution in [-0.2, 0) is 6.42 Å². The van der Waals surface area contributed by atoms with E-state index in [1.54, 1.807) is 0 Å². The van der Waals surface area contributed by atoms with E-state index >= 15 is 0 Å². The summed E-state index contributed by atoms with van der Waals surface area (Å²) < 4.78 is 0. The Labute approximate surface area is 79.4 Å². The average molecular weight is 179 g/mol. The summed E-state index contributed by atoms with van der Waals surface area (Å²) in [5, 5.41) is 0. The Morgan fingerprint density at radius 1 is 1.54 bits per heavy atom. The van der Waals surface area contributed by atoms with Crippen molar-refractivity contribution in [3.63, 3.8) is 0 Å². The zero-order valence-electron chi connectivity index (χ0n) is 8.33. The molecule has 0 spiro atoms. The number of hydrogen-bond acceptors (Lipinski definition) is 3. The van der Waals surface area contributed by atoms with E-state index in [1.165, 1.54) is 0 Å². The van der Waals surface area contributed by atoms with Gasteiger partial charge in [-0.05, 0) is 12.5 Å². The molecular formula is C10H17N3. The molecule has 0 fully saturated rings. The third kappa shape index (κ3) is 2.77. The first-order valence-electron chi connectivity index (χ1n) is 4.79. The van der Waals surface area contributed by atoms with Crippen LogP contribution in [0.5, 0.6) is 0 Å². The zero-order chi connectivity index (χ0) is 9.68. The first kappa shape index (κ1) is 10.1. The first-order chi connectivity index (χ1) is 6.27. The lowest BCUT2D eigenvalue weighted by atomic mass is 10.1. The van der Waals surface area contributed by atoms with E-state index in [9.17, 15) is 0 Å². The molecule has 3 heteroatoms. The van der Waals surface area contributed by atoms with E-state index in [1.807, 2.05) is 19.2 Å². The number of rotatable bonds is 4. The van der Waals surface area contributed by atoms with Crippen molar-refractivity contribution in [3.8, 4) is 0 Å². The van der Waals surface area contributed by atoms with Gasteiger partial charge in [0.25, 0.3) is 0 Å². The highest BCUT2D eigenvalue weighted by Crippen LogP contribution is 2.08. The lowest BCUT2D eigenvalue weighted by Crippen LogP contribution is -2.12. The maximum atomic E-state index is 5.55. The van der Waals surface area contributed by atoms with Gasteiger partial charge < -0.3 is 5.73 Å². The molecule has 0 aliphatic heterocycles. The third-order valence-electron chi connectivity index (χ3n) is 2.03. The summed E-state index contributed by atoms with van der Waals surface area (Å²) in [6, 6.07) is 1.97. The Balaban J connectivity index is 2.78. The van der Waals surface area contributed by atoms with Crippen molar-refractivity contribution in [3.05, 3.63) is 23.8 Å². The van der Waals surface area contributed by atoms with E-state index in [-0.39, 0.29) is 5.92 Å². The van der Waals surface area contributed by atoms with Gasteiger partial charge in [0.05, 0.1) is 0 Å². The van der Waals surface area contributed by atoms with Crippen LogP contribution in [0.25, 0.3) is 0 Å². The summed E-state index contributed by atoms with van der Waals surface area (Å²) in [6.07, 6.45) is 3.96. The fraction of sp³-hybridized carbons (Fsp3) is 0.600. The second-order valence-electron chi connectivity index (χ2n) is 3.29. The molecule has 1 atom stereocenters. The van der Waals surface area contributed by atoms with E-state index in [2.05, 4.69) is 16.9 Å². The summed E-state index contributed by atoms with van der Waals surface area (Å²) in [6.45, 7) is 4.80. The molecule has 1 aromatic heterocycles. The van der Waals surface area contributed by atoms with Crippen molar-refractivity contribution in [2.24, 2.45) is 5.73 Å². The minimum atomic E-state index is 0.261. The molecule has 2 N–H and O–H groups in total. The van der Waals surface area contributed by atoms with Crippen LogP contribution in [0.4, 0.5) is 0 Å². The van der Waals surface area contributed by atoms with Crippen molar-refractivity contribution in [1.29, 1.82) is 0 Å². The van der Waals surface area contributed by atoms with Gasteiger partial charge in [0.15, 0.2) is 0 Å². The number of nitrogens with zero attached hydrogens (tertiary/aromatic N) is 2. The molecule has 0 saturated carbocycles. The highest BCUT2D eigenvalue weighted by atomic mass is 14.9. The third-order valence-corrected chi connectivity index (χ3v) is 2.03. The van der Waals surface area contributed by atoms with Gasteiger partial charge in [-0.15, -0.1) is 0 Å². The van der Waals surface area contributed by atoms with Crippen LogP contribution >= 0.6 is 0 Å². The van der Waals surface area contributed by atoms with Crippen molar-refractivity contribution in [2.45, 2.75) is 32.6 Å². The average Bonchev–Trinajstić information content (AvgIpc) is 2.18. The zero-order valence-corrected chi connectivity index (χ0v) is 8.33. The Hall–Kier alpha value is -0.960. The molecule has 0 amide bonds. The Kier molecular flexibility index (Phi) is 3.83. The Bertz CT molecular complexity index is 260. The second kappa shape index (κ2) is 4.92. The van der Waals surface area contributed by atoms with Crippen LogP contribution in [-0.4, -0.2) is 16.5 Å². The second-order valence-corrected chi connectivity index (χ2v) is 3.29. The number of aryl methyl sites for hydroxylation is 1. The molecule has 0 radical (unpaired) electrons. The van der Waals surface area contributed by atoms with Gasteiger partial charge in [0.2, 0.25) is 0 Å². The van der Waals surface area contributed by atoms with Crippen molar-refractivity contribution >= 4 is 0 Å². The van der Waals surface area contributed by atoms with Gasteiger partial charge in [0, 0.05) is 24.4 Å². The highest BCUT2D eigenvalue weighted by molar-refractivity contribution is 5.05.